The molecular weight excluding hydrogens is 478 g/mol. The zero-order chi connectivity index (χ0) is 21.8. The lowest BCUT2D eigenvalue weighted by atomic mass is 9.88. The van der Waals surface area contributed by atoms with E-state index in [2.05, 4.69) is 27.6 Å². The number of rotatable bonds is 6. The summed E-state index contributed by atoms with van der Waals surface area (Å²) in [6.45, 7) is 4.04. The van der Waals surface area contributed by atoms with Crippen LogP contribution >= 0.6 is 27.5 Å². The maximum absolute atomic E-state index is 13.3. The van der Waals surface area contributed by atoms with Crippen molar-refractivity contribution >= 4 is 44.6 Å². The van der Waals surface area contributed by atoms with E-state index < -0.39 is 0 Å². The Kier molecular flexibility index (Phi) is 6.88. The minimum Gasteiger partial charge on any atom is -0.488 e. The summed E-state index contributed by atoms with van der Waals surface area (Å²) in [5.74, 6) is 1.52. The lowest BCUT2D eigenvalue weighted by molar-refractivity contribution is 0.360. The van der Waals surface area contributed by atoms with Gasteiger partial charge < -0.3 is 4.74 Å². The fourth-order valence-electron chi connectivity index (χ4n) is 3.97. The molecule has 0 radical (unpaired) electrons. The zero-order valence-corrected chi connectivity index (χ0v) is 19.4. The van der Waals surface area contributed by atoms with Crippen molar-refractivity contribution < 1.29 is 4.74 Å². The third-order valence-corrected chi connectivity index (χ3v) is 6.25. The van der Waals surface area contributed by atoms with Crippen LogP contribution in [-0.4, -0.2) is 22.5 Å². The van der Waals surface area contributed by atoms with Crippen LogP contribution in [0.2, 0.25) is 5.02 Å². The van der Waals surface area contributed by atoms with Gasteiger partial charge in [-0.25, -0.2) is 4.98 Å². The number of nitrogens with zero attached hydrogens (tertiary/aromatic N) is 3. The van der Waals surface area contributed by atoms with E-state index in [9.17, 15) is 4.79 Å². The first kappa shape index (κ1) is 21.8. The van der Waals surface area contributed by atoms with E-state index in [1.54, 1.807) is 30.5 Å². The lowest BCUT2D eigenvalue weighted by Crippen LogP contribution is -2.25. The average Bonchev–Trinajstić information content (AvgIpc) is 2.78. The topological polar surface area (TPSA) is 56.5 Å². The zero-order valence-electron chi connectivity index (χ0n) is 17.1. The molecule has 0 unspecified atom stereocenters. The first-order valence-electron chi connectivity index (χ1n) is 10.4. The molecule has 1 aliphatic carbocycles. The van der Waals surface area contributed by atoms with Gasteiger partial charge in [-0.05, 0) is 53.0 Å². The molecule has 0 N–H and O–H groups in total. The quantitative estimate of drug-likeness (QED) is 0.294. The van der Waals surface area contributed by atoms with Crippen molar-refractivity contribution in [3.8, 4) is 5.75 Å². The van der Waals surface area contributed by atoms with Gasteiger partial charge in [0.25, 0.3) is 5.56 Å². The van der Waals surface area contributed by atoms with Gasteiger partial charge in [0.2, 0.25) is 0 Å². The van der Waals surface area contributed by atoms with Gasteiger partial charge in [-0.2, -0.15) is 9.78 Å². The maximum Gasteiger partial charge on any atom is 0.282 e. The predicted octanol–water partition coefficient (Wildman–Crippen LogP) is 6.31. The highest BCUT2D eigenvalue weighted by Gasteiger charge is 2.22. The van der Waals surface area contributed by atoms with Crippen LogP contribution in [0.15, 0.2) is 63.4 Å². The summed E-state index contributed by atoms with van der Waals surface area (Å²) in [4.78, 5) is 18.2. The second-order valence-electron chi connectivity index (χ2n) is 7.59. The molecule has 4 rings (SSSR count). The number of hydrogen-bond donors (Lipinski definition) is 0. The Bertz CT molecular complexity index is 1200. The van der Waals surface area contributed by atoms with Crippen molar-refractivity contribution in [1.82, 2.24) is 9.66 Å². The molecular formula is C24H23BrClN3O2. The molecule has 1 fully saturated rings. The summed E-state index contributed by atoms with van der Waals surface area (Å²) in [6.07, 6.45) is 8.79. The van der Waals surface area contributed by atoms with Gasteiger partial charge in [0, 0.05) is 16.5 Å². The molecule has 0 bridgehead atoms. The molecule has 1 aliphatic rings. The molecule has 1 saturated carbocycles. The van der Waals surface area contributed by atoms with Gasteiger partial charge >= 0.3 is 0 Å². The number of hydrogen-bond acceptors (Lipinski definition) is 4. The second kappa shape index (κ2) is 9.79. The summed E-state index contributed by atoms with van der Waals surface area (Å²) in [7, 11) is 0. The number of ether oxygens (including phenoxy) is 1. The van der Waals surface area contributed by atoms with Crippen LogP contribution in [0.4, 0.5) is 0 Å². The Morgan fingerprint density at radius 1 is 1.26 bits per heavy atom. The molecule has 160 valence electrons. The van der Waals surface area contributed by atoms with Crippen LogP contribution in [0.3, 0.4) is 0 Å². The van der Waals surface area contributed by atoms with Gasteiger partial charge in [0.15, 0.2) is 0 Å². The Labute approximate surface area is 194 Å². The predicted molar refractivity (Wildman–Crippen MR) is 130 cm³/mol. The minimum absolute atomic E-state index is 0.169. The first-order chi connectivity index (χ1) is 15.1. The van der Waals surface area contributed by atoms with E-state index in [1.807, 2.05) is 18.2 Å². The van der Waals surface area contributed by atoms with E-state index in [4.69, 9.17) is 21.3 Å². The summed E-state index contributed by atoms with van der Waals surface area (Å²) in [5.41, 5.74) is 1.20. The van der Waals surface area contributed by atoms with Crippen LogP contribution in [-0.2, 0) is 0 Å². The molecule has 0 aliphatic heterocycles. The Hall–Kier alpha value is -2.44. The fraction of sp³-hybridized carbons (Fsp3) is 0.292. The normalized spacial score (nSPS) is 14.9. The number of halogens is 2. The molecule has 1 heterocycles. The third-order valence-electron chi connectivity index (χ3n) is 5.44. The van der Waals surface area contributed by atoms with Crippen molar-refractivity contribution in [3.05, 3.63) is 80.3 Å². The third kappa shape index (κ3) is 4.75. The van der Waals surface area contributed by atoms with Gasteiger partial charge in [0.1, 0.15) is 18.2 Å². The molecule has 0 atom stereocenters. The van der Waals surface area contributed by atoms with E-state index in [0.717, 1.165) is 25.7 Å². The standard InChI is InChI=1S/C24H23BrClN3O2/c1-2-12-31-22-17(13-18(26)14-20(22)25)15-27-29-23(16-8-4-3-5-9-16)28-21-11-7-6-10-19(21)24(29)30/h2,6-7,10-11,13-16H,1,3-5,8-9,12H2. The molecule has 1 aromatic heterocycles. The van der Waals surface area contributed by atoms with E-state index in [0.29, 0.717) is 44.1 Å². The number of para-hydroxylation sites is 1. The lowest BCUT2D eigenvalue weighted by Gasteiger charge is -2.22. The Morgan fingerprint density at radius 3 is 2.81 bits per heavy atom. The van der Waals surface area contributed by atoms with Crippen LogP contribution in [0.25, 0.3) is 10.9 Å². The average molecular weight is 501 g/mol. The van der Waals surface area contributed by atoms with Crippen molar-refractivity contribution in [1.29, 1.82) is 0 Å². The SMILES string of the molecule is C=CCOc1c(Br)cc(Cl)cc1C=Nn1c(C2CCCCC2)nc2ccccc2c1=O. The summed E-state index contributed by atoms with van der Waals surface area (Å²) in [5, 5.41) is 5.67. The minimum atomic E-state index is -0.169. The summed E-state index contributed by atoms with van der Waals surface area (Å²) >= 11 is 9.74. The second-order valence-corrected chi connectivity index (χ2v) is 8.88. The fourth-order valence-corrected chi connectivity index (χ4v) is 4.92. The largest absolute Gasteiger partial charge is 0.488 e. The van der Waals surface area contributed by atoms with E-state index in [-0.39, 0.29) is 11.5 Å². The Morgan fingerprint density at radius 2 is 2.03 bits per heavy atom. The van der Waals surface area contributed by atoms with Crippen LogP contribution < -0.4 is 10.3 Å². The molecule has 7 heteroatoms. The molecule has 0 spiro atoms. The van der Waals surface area contributed by atoms with Gasteiger partial charge in [-0.1, -0.05) is 55.7 Å². The molecule has 3 aromatic rings. The van der Waals surface area contributed by atoms with E-state index >= 15 is 0 Å². The van der Waals surface area contributed by atoms with Crippen molar-refractivity contribution in [2.45, 2.75) is 38.0 Å². The first-order valence-corrected chi connectivity index (χ1v) is 11.5. The van der Waals surface area contributed by atoms with Gasteiger partial charge in [-0.15, -0.1) is 0 Å². The number of benzene rings is 2. The molecule has 31 heavy (non-hydrogen) atoms. The Balaban J connectivity index is 1.84. The summed E-state index contributed by atoms with van der Waals surface area (Å²) in [6, 6.07) is 10.9. The monoisotopic (exact) mass is 499 g/mol. The van der Waals surface area contributed by atoms with Gasteiger partial charge in [-0.3, -0.25) is 4.79 Å². The van der Waals surface area contributed by atoms with Crippen molar-refractivity contribution in [3.63, 3.8) is 0 Å². The molecule has 5 nitrogen and oxygen atoms in total. The van der Waals surface area contributed by atoms with Crippen LogP contribution in [0.1, 0.15) is 49.4 Å². The number of aromatic nitrogens is 2. The van der Waals surface area contributed by atoms with Gasteiger partial charge in [0.05, 0.1) is 21.6 Å². The number of fused-ring (bicyclic) bond motifs is 1. The smallest absolute Gasteiger partial charge is 0.282 e. The highest BCUT2D eigenvalue weighted by Crippen LogP contribution is 2.33. The molecule has 0 saturated heterocycles. The molecule has 0 amide bonds. The summed E-state index contributed by atoms with van der Waals surface area (Å²) < 4.78 is 7.95. The van der Waals surface area contributed by atoms with E-state index in [1.165, 1.54) is 11.1 Å². The highest BCUT2D eigenvalue weighted by atomic mass is 79.9. The highest BCUT2D eigenvalue weighted by molar-refractivity contribution is 9.10. The molecule has 2 aromatic carbocycles. The van der Waals surface area contributed by atoms with Crippen molar-refractivity contribution in [2.75, 3.05) is 6.61 Å². The van der Waals surface area contributed by atoms with Crippen LogP contribution in [0, 0.1) is 0 Å². The van der Waals surface area contributed by atoms with Crippen LogP contribution in [0.5, 0.6) is 5.75 Å². The van der Waals surface area contributed by atoms with Crippen molar-refractivity contribution in [2.24, 2.45) is 5.10 Å². The maximum atomic E-state index is 13.3.